The Labute approximate surface area is 107 Å². The maximum Gasteiger partial charge on any atom is 0.416 e. The van der Waals surface area contributed by atoms with Gasteiger partial charge in [-0.05, 0) is 18.2 Å². The van der Waals surface area contributed by atoms with E-state index in [0.29, 0.717) is 30.6 Å². The molecule has 0 radical (unpaired) electrons. The third-order valence-electron chi connectivity index (χ3n) is 2.84. The van der Waals surface area contributed by atoms with Gasteiger partial charge in [0.1, 0.15) is 0 Å². The number of thioether (sulfide) groups is 1. The second-order valence-corrected chi connectivity index (χ2v) is 5.21. The van der Waals surface area contributed by atoms with Crippen molar-refractivity contribution in [3.8, 4) is 0 Å². The van der Waals surface area contributed by atoms with E-state index >= 15 is 0 Å². The molecule has 18 heavy (non-hydrogen) atoms. The van der Waals surface area contributed by atoms with Gasteiger partial charge in [0, 0.05) is 35.8 Å². The highest BCUT2D eigenvalue weighted by atomic mass is 32.2. The summed E-state index contributed by atoms with van der Waals surface area (Å²) in [6.45, 7) is 1.35. The third-order valence-corrected chi connectivity index (χ3v) is 3.78. The van der Waals surface area contributed by atoms with E-state index in [9.17, 15) is 18.0 Å². The number of benzene rings is 1. The molecule has 2 rings (SSSR count). The van der Waals surface area contributed by atoms with Gasteiger partial charge in [0.05, 0.1) is 5.56 Å². The molecular formula is C12H12F3NOS. The number of alkyl halides is 3. The van der Waals surface area contributed by atoms with Crippen molar-refractivity contribution < 1.29 is 18.0 Å². The van der Waals surface area contributed by atoms with E-state index in [0.717, 1.165) is 23.6 Å². The van der Waals surface area contributed by atoms with E-state index in [-0.39, 0.29) is 0 Å². The van der Waals surface area contributed by atoms with Crippen molar-refractivity contribution in [2.45, 2.75) is 6.18 Å². The number of carbonyl (C=O) groups is 1. The van der Waals surface area contributed by atoms with Crippen LogP contribution in [-0.2, 0) is 6.18 Å². The molecule has 0 saturated carbocycles. The summed E-state index contributed by atoms with van der Waals surface area (Å²) in [5.74, 6) is 1.74. The van der Waals surface area contributed by atoms with Gasteiger partial charge in [-0.2, -0.15) is 24.9 Å². The van der Waals surface area contributed by atoms with Gasteiger partial charge < -0.3 is 4.90 Å². The van der Waals surface area contributed by atoms with Crippen LogP contribution in [0.15, 0.2) is 18.2 Å². The van der Waals surface area contributed by atoms with Crippen molar-refractivity contribution in [2.75, 3.05) is 29.5 Å². The predicted molar refractivity (Wildman–Crippen MR) is 66.4 cm³/mol. The molecule has 6 heteroatoms. The lowest BCUT2D eigenvalue weighted by atomic mass is 10.1. The van der Waals surface area contributed by atoms with E-state index in [4.69, 9.17) is 0 Å². The van der Waals surface area contributed by atoms with E-state index in [1.165, 1.54) is 6.07 Å². The Morgan fingerprint density at radius 3 is 2.44 bits per heavy atom. The Morgan fingerprint density at radius 1 is 1.22 bits per heavy atom. The number of carbonyl (C=O) groups excluding carboxylic acids is 1. The van der Waals surface area contributed by atoms with Gasteiger partial charge in [0.2, 0.25) is 0 Å². The summed E-state index contributed by atoms with van der Waals surface area (Å²) in [6, 6.07) is 3.26. The molecule has 1 saturated heterocycles. The van der Waals surface area contributed by atoms with E-state index in [1.54, 1.807) is 11.8 Å². The van der Waals surface area contributed by atoms with Crippen molar-refractivity contribution in [1.82, 2.24) is 0 Å². The monoisotopic (exact) mass is 275 g/mol. The first-order valence-electron chi connectivity index (χ1n) is 5.51. The average molecular weight is 275 g/mol. The van der Waals surface area contributed by atoms with Crippen LogP contribution in [0, 0.1) is 0 Å². The van der Waals surface area contributed by atoms with Crippen LogP contribution in [-0.4, -0.2) is 30.9 Å². The molecule has 0 bridgehead atoms. The van der Waals surface area contributed by atoms with Gasteiger partial charge in [0.25, 0.3) is 0 Å². The van der Waals surface area contributed by atoms with Crippen molar-refractivity contribution in [3.63, 3.8) is 0 Å². The molecule has 0 atom stereocenters. The molecule has 0 amide bonds. The number of aldehydes is 1. The smallest absolute Gasteiger partial charge is 0.369 e. The number of halogens is 3. The topological polar surface area (TPSA) is 20.3 Å². The zero-order valence-corrected chi connectivity index (χ0v) is 10.4. The number of hydrogen-bond donors (Lipinski definition) is 0. The molecule has 1 heterocycles. The van der Waals surface area contributed by atoms with Crippen LogP contribution in [0.2, 0.25) is 0 Å². The van der Waals surface area contributed by atoms with Crippen molar-refractivity contribution in [1.29, 1.82) is 0 Å². The third kappa shape index (κ3) is 2.80. The van der Waals surface area contributed by atoms with Gasteiger partial charge in [0.15, 0.2) is 6.29 Å². The number of hydrogen-bond acceptors (Lipinski definition) is 3. The Kier molecular flexibility index (Phi) is 3.85. The van der Waals surface area contributed by atoms with Crippen molar-refractivity contribution in [2.24, 2.45) is 0 Å². The van der Waals surface area contributed by atoms with Crippen LogP contribution in [0.3, 0.4) is 0 Å². The average Bonchev–Trinajstić information content (AvgIpc) is 2.38. The van der Waals surface area contributed by atoms with Gasteiger partial charge in [-0.1, -0.05) is 0 Å². The summed E-state index contributed by atoms with van der Waals surface area (Å²) in [5, 5.41) is 0. The molecular weight excluding hydrogens is 263 g/mol. The molecule has 2 nitrogen and oxygen atoms in total. The Bertz CT molecular complexity index is 441. The summed E-state index contributed by atoms with van der Waals surface area (Å²) >= 11 is 1.76. The minimum atomic E-state index is -4.37. The SMILES string of the molecule is O=Cc1ccc(C(F)(F)F)cc1N1CCSCC1. The second-order valence-electron chi connectivity index (χ2n) is 3.99. The molecule has 0 aromatic heterocycles. The number of anilines is 1. The van der Waals surface area contributed by atoms with Gasteiger partial charge in [-0.25, -0.2) is 0 Å². The first-order chi connectivity index (χ1) is 8.52. The highest BCUT2D eigenvalue weighted by Gasteiger charge is 2.31. The summed E-state index contributed by atoms with van der Waals surface area (Å²) < 4.78 is 38.0. The van der Waals surface area contributed by atoms with Gasteiger partial charge in [-0.3, -0.25) is 4.79 Å². The Balaban J connectivity index is 2.38. The second kappa shape index (κ2) is 5.22. The fraction of sp³-hybridized carbons (Fsp3) is 0.417. The van der Waals surface area contributed by atoms with E-state index in [1.807, 2.05) is 4.90 Å². The molecule has 0 N–H and O–H groups in total. The molecule has 1 fully saturated rings. The van der Waals surface area contributed by atoms with Crippen LogP contribution in [0.4, 0.5) is 18.9 Å². The van der Waals surface area contributed by atoms with Crippen LogP contribution < -0.4 is 4.90 Å². The van der Waals surface area contributed by atoms with Crippen molar-refractivity contribution >= 4 is 23.7 Å². The molecule has 0 aliphatic carbocycles. The highest BCUT2D eigenvalue weighted by molar-refractivity contribution is 7.99. The molecule has 1 aliphatic heterocycles. The maximum atomic E-state index is 12.7. The lowest BCUT2D eigenvalue weighted by Crippen LogP contribution is -2.33. The molecule has 98 valence electrons. The van der Waals surface area contributed by atoms with Crippen molar-refractivity contribution in [3.05, 3.63) is 29.3 Å². The highest BCUT2D eigenvalue weighted by Crippen LogP contribution is 2.33. The fourth-order valence-corrected chi connectivity index (χ4v) is 2.80. The van der Waals surface area contributed by atoms with E-state index < -0.39 is 11.7 Å². The zero-order chi connectivity index (χ0) is 13.2. The first-order valence-corrected chi connectivity index (χ1v) is 6.67. The lowest BCUT2D eigenvalue weighted by molar-refractivity contribution is -0.137. The predicted octanol–water partition coefficient (Wildman–Crippen LogP) is 3.07. The zero-order valence-electron chi connectivity index (χ0n) is 9.54. The lowest BCUT2D eigenvalue weighted by Gasteiger charge is -2.30. The van der Waals surface area contributed by atoms with E-state index in [2.05, 4.69) is 0 Å². The molecule has 0 unspecified atom stereocenters. The van der Waals surface area contributed by atoms with Crippen LogP contribution in [0.25, 0.3) is 0 Å². The minimum absolute atomic E-state index is 0.315. The molecule has 1 aliphatic rings. The minimum Gasteiger partial charge on any atom is -0.369 e. The number of rotatable bonds is 2. The Hall–Kier alpha value is -1.17. The normalized spacial score (nSPS) is 16.7. The Morgan fingerprint density at radius 2 is 1.89 bits per heavy atom. The van der Waals surface area contributed by atoms with Gasteiger partial charge in [-0.15, -0.1) is 0 Å². The van der Waals surface area contributed by atoms with Crippen LogP contribution in [0.1, 0.15) is 15.9 Å². The maximum absolute atomic E-state index is 12.7. The summed E-state index contributed by atoms with van der Waals surface area (Å²) in [5.41, 5.74) is -0.00338. The van der Waals surface area contributed by atoms with Gasteiger partial charge >= 0.3 is 6.18 Å². The molecule has 1 aromatic rings. The molecule has 0 spiro atoms. The first kappa shape index (κ1) is 13.3. The standard InChI is InChI=1S/C12H12F3NOS/c13-12(14,15)10-2-1-9(8-17)11(7-10)16-3-5-18-6-4-16/h1-2,7-8H,3-6H2. The number of nitrogens with zero attached hydrogens (tertiary/aromatic N) is 1. The van der Waals surface area contributed by atoms with Crippen LogP contribution in [0.5, 0.6) is 0 Å². The summed E-state index contributed by atoms with van der Waals surface area (Å²) in [4.78, 5) is 12.8. The fourth-order valence-electron chi connectivity index (χ4n) is 1.90. The van der Waals surface area contributed by atoms with Crippen LogP contribution >= 0.6 is 11.8 Å². The quantitative estimate of drug-likeness (QED) is 0.774. The largest absolute Gasteiger partial charge is 0.416 e. The molecule has 1 aromatic carbocycles. The summed E-state index contributed by atoms with van der Waals surface area (Å²) in [6.07, 6.45) is -3.77. The summed E-state index contributed by atoms with van der Waals surface area (Å²) in [7, 11) is 0.